The van der Waals surface area contributed by atoms with Crippen molar-refractivity contribution >= 4 is 5.71 Å². The van der Waals surface area contributed by atoms with Gasteiger partial charge < -0.3 is 4.74 Å². The summed E-state index contributed by atoms with van der Waals surface area (Å²) >= 11 is 0. The van der Waals surface area contributed by atoms with E-state index in [0.29, 0.717) is 6.42 Å². The van der Waals surface area contributed by atoms with Crippen molar-refractivity contribution in [3.63, 3.8) is 0 Å². The van der Waals surface area contributed by atoms with Gasteiger partial charge >= 0.3 is 0 Å². The topological polar surface area (TPSA) is 29.3 Å². The molecule has 3 aromatic carbocycles. The van der Waals surface area contributed by atoms with Crippen LogP contribution in [0.4, 0.5) is 0 Å². The highest BCUT2D eigenvalue weighted by Crippen LogP contribution is 2.37. The Balaban J connectivity index is 1.43. The third-order valence-electron chi connectivity index (χ3n) is 9.85. The summed E-state index contributed by atoms with van der Waals surface area (Å²) in [6.07, 6.45) is 14.4. The molecule has 0 N–H and O–H groups in total. The highest BCUT2D eigenvalue weighted by molar-refractivity contribution is 6.09. The molecule has 0 bridgehead atoms. The Hall–Kier alpha value is -4.93. The molecule has 0 amide bonds. The zero-order valence-electron chi connectivity index (χ0n) is 29.5. The summed E-state index contributed by atoms with van der Waals surface area (Å²) in [5.74, 6) is 0. The Labute approximate surface area is 287 Å². The van der Waals surface area contributed by atoms with Crippen LogP contribution in [0, 0.1) is 13.8 Å². The summed E-state index contributed by atoms with van der Waals surface area (Å²) in [6, 6.07) is 38.5. The van der Waals surface area contributed by atoms with Crippen LogP contribution in [0.5, 0.6) is 0 Å². The largest absolute Gasteiger partial charge is 0.362 e. The van der Waals surface area contributed by atoms with E-state index in [1.165, 1.54) is 27.9 Å². The number of benzene rings is 3. The van der Waals surface area contributed by atoms with E-state index in [1.807, 2.05) is 14.2 Å². The number of allylic oxidation sites excluding steroid dienone is 4. The average molecular weight is 636 g/mol. The second kappa shape index (κ2) is 15.3. The number of rotatable bonds is 12. The molecular weight excluding hydrogens is 587 g/mol. The Kier molecular flexibility index (Phi) is 11.0. The van der Waals surface area contributed by atoms with Gasteiger partial charge in [-0.2, -0.15) is 0 Å². The minimum Gasteiger partial charge on any atom is -0.362 e. The van der Waals surface area contributed by atoms with Crippen LogP contribution in [-0.2, 0) is 36.3 Å². The Morgan fingerprint density at radius 2 is 1.40 bits per heavy atom. The molecule has 2 atom stereocenters. The lowest BCUT2D eigenvalue weighted by Gasteiger charge is -2.31. The number of hydrogen-bond donors (Lipinski definition) is 0. The summed E-state index contributed by atoms with van der Waals surface area (Å²) in [5, 5.41) is 0. The summed E-state index contributed by atoms with van der Waals surface area (Å²) in [6.45, 7) is 6.75. The molecule has 0 aliphatic rings. The SMILES string of the molecule is CN=C(/C=C\C=C\CC(C)(c1ccccc1C)c1cccc[n+]1C)c1cccc(CC(OC)(c2ccccc2)c2cccc[n+]2C)c1C. The lowest BCUT2D eigenvalue weighted by molar-refractivity contribution is -0.685. The van der Waals surface area contributed by atoms with Gasteiger partial charge in [0.25, 0.3) is 0 Å². The van der Waals surface area contributed by atoms with Crippen molar-refractivity contribution in [3.05, 3.63) is 191 Å². The molecule has 4 heteroatoms. The number of nitrogens with zero attached hydrogens (tertiary/aromatic N) is 3. The molecule has 0 aliphatic heterocycles. The van der Waals surface area contributed by atoms with Crippen LogP contribution in [0.3, 0.4) is 0 Å². The highest BCUT2D eigenvalue weighted by Gasteiger charge is 2.42. The van der Waals surface area contributed by atoms with Crippen LogP contribution in [-0.4, -0.2) is 19.9 Å². The second-order valence-electron chi connectivity index (χ2n) is 12.8. The van der Waals surface area contributed by atoms with Crippen LogP contribution in [0.2, 0.25) is 0 Å². The van der Waals surface area contributed by atoms with Gasteiger partial charge in [-0.1, -0.05) is 97.1 Å². The summed E-state index contributed by atoms with van der Waals surface area (Å²) in [5.41, 5.74) is 9.78. The molecule has 48 heavy (non-hydrogen) atoms. The van der Waals surface area contributed by atoms with Crippen molar-refractivity contribution in [2.45, 2.75) is 44.6 Å². The van der Waals surface area contributed by atoms with Gasteiger partial charge in [0.15, 0.2) is 23.7 Å². The van der Waals surface area contributed by atoms with Crippen molar-refractivity contribution in [2.24, 2.45) is 19.1 Å². The highest BCUT2D eigenvalue weighted by atomic mass is 16.5. The first-order valence-corrected chi connectivity index (χ1v) is 16.7. The normalized spacial score (nSPS) is 14.7. The summed E-state index contributed by atoms with van der Waals surface area (Å²) in [4.78, 5) is 4.73. The molecular formula is C44H49N3O+2. The molecule has 2 aromatic heterocycles. The number of methoxy groups -OCH3 is 1. The summed E-state index contributed by atoms with van der Waals surface area (Å²) in [7, 11) is 7.90. The molecule has 0 spiro atoms. The van der Waals surface area contributed by atoms with E-state index in [0.717, 1.165) is 29.0 Å². The molecule has 0 saturated carbocycles. The smallest absolute Gasteiger partial charge is 0.218 e. The van der Waals surface area contributed by atoms with Gasteiger partial charge in [0.1, 0.15) is 14.1 Å². The zero-order chi connectivity index (χ0) is 34.1. The van der Waals surface area contributed by atoms with Gasteiger partial charge in [-0.15, -0.1) is 0 Å². The Morgan fingerprint density at radius 1 is 0.750 bits per heavy atom. The fraction of sp³-hybridized carbons (Fsp3) is 0.250. The Morgan fingerprint density at radius 3 is 2.04 bits per heavy atom. The monoisotopic (exact) mass is 635 g/mol. The van der Waals surface area contributed by atoms with E-state index in [9.17, 15) is 0 Å². The van der Waals surface area contributed by atoms with Gasteiger partial charge in [-0.05, 0) is 67.2 Å². The second-order valence-corrected chi connectivity index (χ2v) is 12.8. The first-order chi connectivity index (χ1) is 23.2. The number of pyridine rings is 2. The molecule has 5 aromatic rings. The minimum absolute atomic E-state index is 0.180. The van der Waals surface area contributed by atoms with Crippen LogP contribution in [0.15, 0.2) is 151 Å². The van der Waals surface area contributed by atoms with Gasteiger partial charge in [0.2, 0.25) is 5.69 Å². The van der Waals surface area contributed by atoms with E-state index >= 15 is 0 Å². The van der Waals surface area contributed by atoms with Crippen LogP contribution >= 0.6 is 0 Å². The number of hydrogen-bond acceptors (Lipinski definition) is 2. The fourth-order valence-corrected chi connectivity index (χ4v) is 7.16. The number of aliphatic imine (C=N–C) groups is 1. The maximum Gasteiger partial charge on any atom is 0.218 e. The van der Waals surface area contributed by atoms with Crippen molar-refractivity contribution in [1.82, 2.24) is 0 Å². The van der Waals surface area contributed by atoms with Crippen LogP contribution < -0.4 is 9.13 Å². The average Bonchev–Trinajstić information content (AvgIpc) is 3.11. The van der Waals surface area contributed by atoms with Crippen LogP contribution in [0.25, 0.3) is 0 Å². The first-order valence-electron chi connectivity index (χ1n) is 16.7. The van der Waals surface area contributed by atoms with Gasteiger partial charge in [0, 0.05) is 50.4 Å². The molecule has 4 nitrogen and oxygen atoms in total. The van der Waals surface area contributed by atoms with Crippen molar-refractivity contribution in [2.75, 3.05) is 14.2 Å². The van der Waals surface area contributed by atoms with Gasteiger partial charge in [0.05, 0.1) is 11.1 Å². The molecule has 244 valence electrons. The molecule has 0 radical (unpaired) electrons. The Bertz CT molecular complexity index is 1890. The summed E-state index contributed by atoms with van der Waals surface area (Å²) < 4.78 is 10.9. The van der Waals surface area contributed by atoms with Gasteiger partial charge in [-0.25, -0.2) is 9.13 Å². The lowest BCUT2D eigenvalue weighted by atomic mass is 9.74. The molecule has 0 fully saturated rings. The van der Waals surface area contributed by atoms with Gasteiger partial charge in [-0.3, -0.25) is 4.99 Å². The van der Waals surface area contributed by atoms with E-state index in [4.69, 9.17) is 9.73 Å². The molecule has 0 aliphatic carbocycles. The van der Waals surface area contributed by atoms with E-state index in [2.05, 4.69) is 190 Å². The zero-order valence-corrected chi connectivity index (χ0v) is 29.5. The minimum atomic E-state index is -0.665. The number of ether oxygens (including phenoxy) is 1. The molecule has 0 saturated heterocycles. The van der Waals surface area contributed by atoms with E-state index < -0.39 is 5.60 Å². The third-order valence-corrected chi connectivity index (χ3v) is 9.85. The fourth-order valence-electron chi connectivity index (χ4n) is 7.16. The lowest BCUT2D eigenvalue weighted by Crippen LogP contribution is -2.46. The standard InChI is InChI=1S/C44H49N3O/c1-34-21-13-14-26-39(34)43(3,41-28-15-18-31-46(41)5)30-17-9-12-27-40(45-4)38-25-20-22-36(35(38)2)33-44(48-7,37-23-10-8-11-24-37)42-29-16-19-32-47(42)6/h8-29,31-32H,30,33H2,1-7H3/q+2/b17-9+,27-12-,45-40?. The van der Waals surface area contributed by atoms with Crippen molar-refractivity contribution in [3.8, 4) is 0 Å². The van der Waals surface area contributed by atoms with E-state index in [1.54, 1.807) is 0 Å². The van der Waals surface area contributed by atoms with Crippen molar-refractivity contribution < 1.29 is 13.9 Å². The third kappa shape index (κ3) is 7.00. The van der Waals surface area contributed by atoms with Crippen LogP contribution in [0.1, 0.15) is 58.1 Å². The molecule has 2 heterocycles. The quantitative estimate of drug-likeness (QED) is 0.0776. The predicted molar refractivity (Wildman–Crippen MR) is 197 cm³/mol. The molecule has 5 rings (SSSR count). The number of aromatic nitrogens is 2. The number of aryl methyl sites for hydroxylation is 3. The maximum atomic E-state index is 6.50. The van der Waals surface area contributed by atoms with Crippen molar-refractivity contribution in [1.29, 1.82) is 0 Å². The predicted octanol–water partition coefficient (Wildman–Crippen LogP) is 8.01. The first kappa shape index (κ1) is 34.4. The van der Waals surface area contributed by atoms with E-state index in [-0.39, 0.29) is 5.41 Å². The molecule has 2 unspecified atom stereocenters. The maximum absolute atomic E-state index is 6.50.